The monoisotopic (exact) mass is 1150 g/mol. The van der Waals surface area contributed by atoms with Gasteiger partial charge in [0.25, 0.3) is 7.82 Å². The summed E-state index contributed by atoms with van der Waals surface area (Å²) < 4.78 is 34.2. The summed E-state index contributed by atoms with van der Waals surface area (Å²) in [5.74, 6) is -0.817. The molecule has 2 atom stereocenters. The van der Waals surface area contributed by atoms with E-state index in [1.165, 1.54) is 295 Å². The van der Waals surface area contributed by atoms with E-state index in [2.05, 4.69) is 26.0 Å². The Hall–Kier alpha value is -1.25. The number of likely N-dealkylation sites (N-methyl/N-ethyl adjacent to an activating group) is 1. The Bertz CT molecular complexity index is 1350. The van der Waals surface area contributed by atoms with Gasteiger partial charge >= 0.3 is 11.9 Å². The fourth-order valence-electron chi connectivity index (χ4n) is 10.8. The molecular formula is C70H138NO8P. The van der Waals surface area contributed by atoms with Crippen molar-refractivity contribution < 1.29 is 42.1 Å². The lowest BCUT2D eigenvalue weighted by Crippen LogP contribution is -2.37. The van der Waals surface area contributed by atoms with Gasteiger partial charge in [-0.1, -0.05) is 334 Å². The van der Waals surface area contributed by atoms with Gasteiger partial charge in [0.15, 0.2) is 6.10 Å². The summed E-state index contributed by atoms with van der Waals surface area (Å²) in [5.41, 5.74) is 0. The van der Waals surface area contributed by atoms with E-state index < -0.39 is 26.5 Å². The Balaban J connectivity index is 3.84. The number of esters is 2. The minimum Gasteiger partial charge on any atom is -0.756 e. The van der Waals surface area contributed by atoms with Gasteiger partial charge < -0.3 is 27.9 Å². The summed E-state index contributed by atoms with van der Waals surface area (Å²) in [6, 6.07) is 0. The second kappa shape index (κ2) is 62.3. The van der Waals surface area contributed by atoms with Crippen LogP contribution < -0.4 is 4.89 Å². The number of unbranched alkanes of at least 4 members (excludes halogenated alkanes) is 51. The highest BCUT2D eigenvalue weighted by atomic mass is 31.2. The number of allylic oxidation sites excluding steroid dienone is 2. The number of phosphoric ester groups is 1. The standard InChI is InChI=1S/C70H138NO8P/c1-6-8-10-12-14-16-18-20-22-24-25-26-27-28-29-30-31-32-33-34-35-36-37-38-39-40-41-42-43-44-45-47-48-50-52-54-56-58-60-62-69(72)76-66-68(67-78-80(74,75)77-65-64-71(3,4)5)79-70(73)63-61-59-57-55-53-51-49-46-23-21-19-17-15-13-11-9-7-2/h21,23,68H,6-20,22,24-67H2,1-5H3/b23-21-. The molecule has 10 heteroatoms. The molecule has 0 N–H and O–H groups in total. The number of ether oxygens (including phenoxy) is 2. The Labute approximate surface area is 498 Å². The maximum absolute atomic E-state index is 12.8. The van der Waals surface area contributed by atoms with Gasteiger partial charge in [0.2, 0.25) is 0 Å². The van der Waals surface area contributed by atoms with Crippen LogP contribution in [0.3, 0.4) is 0 Å². The molecule has 9 nitrogen and oxygen atoms in total. The lowest BCUT2D eigenvalue weighted by molar-refractivity contribution is -0.870. The zero-order chi connectivity index (χ0) is 58.4. The smallest absolute Gasteiger partial charge is 0.306 e. The summed E-state index contributed by atoms with van der Waals surface area (Å²) >= 11 is 0. The average Bonchev–Trinajstić information content (AvgIpc) is 3.42. The van der Waals surface area contributed by atoms with Crippen molar-refractivity contribution in [2.24, 2.45) is 0 Å². The fraction of sp³-hybridized carbons (Fsp3) is 0.943. The zero-order valence-corrected chi connectivity index (χ0v) is 55.2. The van der Waals surface area contributed by atoms with Crippen molar-refractivity contribution in [2.75, 3.05) is 47.5 Å². The van der Waals surface area contributed by atoms with Crippen molar-refractivity contribution in [2.45, 2.75) is 380 Å². The number of hydrogen-bond acceptors (Lipinski definition) is 8. The molecule has 0 spiro atoms. The van der Waals surface area contributed by atoms with Crippen molar-refractivity contribution >= 4 is 19.8 Å². The minimum atomic E-state index is -4.63. The quantitative estimate of drug-likeness (QED) is 0.0195. The van der Waals surface area contributed by atoms with Crippen molar-refractivity contribution in [1.82, 2.24) is 0 Å². The molecule has 2 unspecified atom stereocenters. The van der Waals surface area contributed by atoms with E-state index in [0.29, 0.717) is 17.4 Å². The summed E-state index contributed by atoms with van der Waals surface area (Å²) in [5, 5.41) is 0. The van der Waals surface area contributed by atoms with E-state index in [1.807, 2.05) is 21.1 Å². The third-order valence-corrected chi connectivity index (χ3v) is 17.2. The lowest BCUT2D eigenvalue weighted by atomic mass is 10.0. The number of carbonyl (C=O) groups excluding carboxylic acids is 2. The van der Waals surface area contributed by atoms with Gasteiger partial charge in [-0.2, -0.15) is 0 Å². The predicted molar refractivity (Wildman–Crippen MR) is 342 cm³/mol. The average molecular weight is 1150 g/mol. The molecule has 0 aromatic rings. The Morgan fingerprint density at radius 1 is 0.375 bits per heavy atom. The molecule has 0 fully saturated rings. The molecule has 0 aromatic heterocycles. The maximum atomic E-state index is 12.8. The molecule has 0 aliphatic heterocycles. The Morgan fingerprint density at radius 2 is 0.637 bits per heavy atom. The van der Waals surface area contributed by atoms with Crippen LogP contribution in [-0.4, -0.2) is 70.0 Å². The van der Waals surface area contributed by atoms with Crippen LogP contribution in [-0.2, 0) is 32.7 Å². The number of nitrogens with zero attached hydrogens (tertiary/aromatic N) is 1. The van der Waals surface area contributed by atoms with Crippen molar-refractivity contribution in [3.05, 3.63) is 12.2 Å². The fourth-order valence-corrected chi connectivity index (χ4v) is 11.6. The van der Waals surface area contributed by atoms with Gasteiger partial charge in [0.05, 0.1) is 27.7 Å². The number of hydrogen-bond donors (Lipinski definition) is 0. The van der Waals surface area contributed by atoms with Gasteiger partial charge in [0, 0.05) is 12.8 Å². The van der Waals surface area contributed by atoms with Crippen LogP contribution in [0.2, 0.25) is 0 Å². The first-order valence-corrected chi connectivity index (χ1v) is 36.9. The zero-order valence-electron chi connectivity index (χ0n) is 54.3. The highest BCUT2D eigenvalue weighted by molar-refractivity contribution is 7.45. The second-order valence-electron chi connectivity index (χ2n) is 25.6. The molecular weight excluding hydrogens is 1010 g/mol. The van der Waals surface area contributed by atoms with Gasteiger partial charge in [0.1, 0.15) is 19.8 Å². The first-order chi connectivity index (χ1) is 39.0. The normalized spacial score (nSPS) is 13.1. The van der Waals surface area contributed by atoms with E-state index in [1.54, 1.807) is 0 Å². The molecule has 0 aliphatic carbocycles. The molecule has 0 radical (unpaired) electrons. The lowest BCUT2D eigenvalue weighted by Gasteiger charge is -2.28. The van der Waals surface area contributed by atoms with Crippen LogP contribution in [0.1, 0.15) is 373 Å². The number of quaternary nitrogens is 1. The molecule has 0 aliphatic rings. The summed E-state index contributed by atoms with van der Waals surface area (Å²) in [7, 11) is 1.18. The number of carbonyl (C=O) groups is 2. The summed E-state index contributed by atoms with van der Waals surface area (Å²) in [6.07, 6.45) is 76.1. The Morgan fingerprint density at radius 3 is 0.925 bits per heavy atom. The second-order valence-corrected chi connectivity index (χ2v) is 27.0. The van der Waals surface area contributed by atoms with Crippen molar-refractivity contribution in [1.29, 1.82) is 0 Å². The van der Waals surface area contributed by atoms with Crippen LogP contribution in [0.5, 0.6) is 0 Å². The van der Waals surface area contributed by atoms with E-state index in [9.17, 15) is 19.0 Å². The topological polar surface area (TPSA) is 111 Å². The predicted octanol–water partition coefficient (Wildman–Crippen LogP) is 22.1. The van der Waals surface area contributed by atoms with Crippen LogP contribution >= 0.6 is 7.82 Å². The third-order valence-electron chi connectivity index (χ3n) is 16.3. The minimum absolute atomic E-state index is 0.0279. The largest absolute Gasteiger partial charge is 0.756 e. The van der Waals surface area contributed by atoms with Gasteiger partial charge in [-0.05, 0) is 38.5 Å². The SMILES string of the molecule is CCCCCCCC/C=C\CCCCCCCCCC(=O)OC(COC(=O)CCCCCCCCCCCCCCCCCCCCCCCCCCCCCCCCCCCCCCCCC)COP(=O)([O-])OCC[N+](C)(C)C. The molecule has 0 saturated heterocycles. The van der Waals surface area contributed by atoms with Crippen molar-refractivity contribution in [3.63, 3.8) is 0 Å². The van der Waals surface area contributed by atoms with Crippen LogP contribution in [0.15, 0.2) is 12.2 Å². The first-order valence-electron chi connectivity index (χ1n) is 35.4. The summed E-state index contributed by atoms with van der Waals surface area (Å²) in [4.78, 5) is 37.9. The van der Waals surface area contributed by atoms with E-state index in [0.717, 1.165) is 44.9 Å². The number of rotatable bonds is 67. The molecule has 476 valence electrons. The maximum Gasteiger partial charge on any atom is 0.306 e. The third kappa shape index (κ3) is 65.9. The van der Waals surface area contributed by atoms with Gasteiger partial charge in [-0.3, -0.25) is 14.2 Å². The molecule has 0 amide bonds. The van der Waals surface area contributed by atoms with E-state index in [-0.39, 0.29) is 32.0 Å². The molecule has 0 rings (SSSR count). The number of phosphoric acid groups is 1. The van der Waals surface area contributed by atoms with Gasteiger partial charge in [-0.25, -0.2) is 0 Å². The van der Waals surface area contributed by atoms with Crippen LogP contribution in [0.4, 0.5) is 0 Å². The molecule has 0 saturated carbocycles. The highest BCUT2D eigenvalue weighted by Gasteiger charge is 2.22. The van der Waals surface area contributed by atoms with E-state index in [4.69, 9.17) is 18.5 Å². The van der Waals surface area contributed by atoms with Crippen molar-refractivity contribution in [3.8, 4) is 0 Å². The summed E-state index contributed by atoms with van der Waals surface area (Å²) in [6.45, 7) is 4.30. The molecule has 0 heterocycles. The molecule has 0 bridgehead atoms. The van der Waals surface area contributed by atoms with Gasteiger partial charge in [-0.15, -0.1) is 0 Å². The first kappa shape index (κ1) is 78.8. The molecule has 0 aromatic carbocycles. The van der Waals surface area contributed by atoms with E-state index >= 15 is 0 Å². The highest BCUT2D eigenvalue weighted by Crippen LogP contribution is 2.38. The van der Waals surface area contributed by atoms with Crippen LogP contribution in [0.25, 0.3) is 0 Å². The van der Waals surface area contributed by atoms with Crippen LogP contribution in [0, 0.1) is 0 Å². The molecule has 80 heavy (non-hydrogen) atoms. The Kier molecular flexibility index (Phi) is 61.3.